The molecule has 1 aliphatic rings. The van der Waals surface area contributed by atoms with Gasteiger partial charge in [-0.05, 0) is 40.0 Å². The van der Waals surface area contributed by atoms with Crippen LogP contribution in [0.4, 0.5) is 0 Å². The molecule has 1 aromatic rings. The van der Waals surface area contributed by atoms with Crippen molar-refractivity contribution in [2.75, 3.05) is 13.1 Å². The van der Waals surface area contributed by atoms with E-state index in [1.54, 1.807) is 11.3 Å². The quantitative estimate of drug-likeness (QED) is 0.922. The Labute approximate surface area is 119 Å². The number of carbonyl (C=O) groups excluding carboxylic acids is 1. The molecule has 1 aromatic heterocycles. The minimum atomic E-state index is -0.141. The smallest absolute Gasteiger partial charge is 0.239 e. The van der Waals surface area contributed by atoms with Crippen molar-refractivity contribution in [3.05, 3.63) is 16.1 Å². The van der Waals surface area contributed by atoms with Crippen molar-refractivity contribution < 1.29 is 4.79 Å². The summed E-state index contributed by atoms with van der Waals surface area (Å²) >= 11 is 1.69. The SMILES string of the molecule is Cc1cnc(C(C)NC(C)C(=O)N2CCCCC2)s1. The number of nitrogens with one attached hydrogen (secondary N) is 1. The molecule has 1 aliphatic heterocycles. The Kier molecular flexibility index (Phi) is 4.93. The molecule has 4 nitrogen and oxygen atoms in total. The summed E-state index contributed by atoms with van der Waals surface area (Å²) in [4.78, 5) is 19.9. The highest BCUT2D eigenvalue weighted by atomic mass is 32.1. The monoisotopic (exact) mass is 281 g/mol. The molecule has 0 bridgehead atoms. The zero-order valence-electron chi connectivity index (χ0n) is 12.0. The van der Waals surface area contributed by atoms with Crippen molar-refractivity contribution in [3.63, 3.8) is 0 Å². The standard InChI is InChI=1S/C14H23N3OS/c1-10-9-15-13(19-10)11(2)16-12(3)14(18)17-7-5-4-6-8-17/h9,11-12,16H,4-8H2,1-3H3. The molecule has 0 aromatic carbocycles. The van der Waals surface area contributed by atoms with Crippen molar-refractivity contribution >= 4 is 17.2 Å². The van der Waals surface area contributed by atoms with Gasteiger partial charge in [-0.15, -0.1) is 11.3 Å². The first-order valence-electron chi connectivity index (χ1n) is 7.05. The van der Waals surface area contributed by atoms with E-state index in [9.17, 15) is 4.79 Å². The second-order valence-corrected chi connectivity index (χ2v) is 6.57. The van der Waals surface area contributed by atoms with Crippen molar-refractivity contribution in [3.8, 4) is 0 Å². The molecule has 19 heavy (non-hydrogen) atoms. The van der Waals surface area contributed by atoms with Crippen LogP contribution in [0.25, 0.3) is 0 Å². The summed E-state index contributed by atoms with van der Waals surface area (Å²) in [6.45, 7) is 7.90. The summed E-state index contributed by atoms with van der Waals surface area (Å²) in [5, 5.41) is 4.41. The van der Waals surface area contributed by atoms with Crippen LogP contribution in [0.2, 0.25) is 0 Å². The average Bonchev–Trinajstić information content (AvgIpc) is 2.85. The van der Waals surface area contributed by atoms with E-state index in [4.69, 9.17) is 0 Å². The van der Waals surface area contributed by atoms with E-state index in [1.165, 1.54) is 11.3 Å². The number of hydrogen-bond acceptors (Lipinski definition) is 4. The molecule has 0 aliphatic carbocycles. The topological polar surface area (TPSA) is 45.2 Å². The van der Waals surface area contributed by atoms with Crippen LogP contribution in [-0.2, 0) is 4.79 Å². The fourth-order valence-electron chi connectivity index (χ4n) is 2.48. The Morgan fingerprint density at radius 3 is 2.63 bits per heavy atom. The lowest BCUT2D eigenvalue weighted by Gasteiger charge is -2.30. The van der Waals surface area contributed by atoms with E-state index >= 15 is 0 Å². The minimum absolute atomic E-state index is 0.127. The third-order valence-corrected chi connectivity index (χ3v) is 4.64. The highest BCUT2D eigenvalue weighted by Gasteiger charge is 2.23. The van der Waals surface area contributed by atoms with Gasteiger partial charge < -0.3 is 4.90 Å². The summed E-state index contributed by atoms with van der Waals surface area (Å²) in [7, 11) is 0. The lowest BCUT2D eigenvalue weighted by Crippen LogP contribution is -2.47. The molecular formula is C14H23N3OS. The average molecular weight is 281 g/mol. The van der Waals surface area contributed by atoms with Gasteiger partial charge in [-0.2, -0.15) is 0 Å². The van der Waals surface area contributed by atoms with Gasteiger partial charge in [-0.3, -0.25) is 10.1 Å². The maximum atomic E-state index is 12.3. The first-order chi connectivity index (χ1) is 9.08. The van der Waals surface area contributed by atoms with Gasteiger partial charge in [0.15, 0.2) is 0 Å². The van der Waals surface area contributed by atoms with Gasteiger partial charge in [0.1, 0.15) is 5.01 Å². The summed E-state index contributed by atoms with van der Waals surface area (Å²) in [5.74, 6) is 0.222. The van der Waals surface area contributed by atoms with Gasteiger partial charge in [0, 0.05) is 24.2 Å². The largest absolute Gasteiger partial charge is 0.341 e. The molecule has 0 saturated carbocycles. The van der Waals surface area contributed by atoms with Gasteiger partial charge in [-0.1, -0.05) is 0 Å². The van der Waals surface area contributed by atoms with E-state index in [0.717, 1.165) is 30.9 Å². The number of rotatable bonds is 4. The fraction of sp³-hybridized carbons (Fsp3) is 0.714. The van der Waals surface area contributed by atoms with Crippen LogP contribution in [-0.4, -0.2) is 34.9 Å². The van der Waals surface area contributed by atoms with E-state index in [-0.39, 0.29) is 18.0 Å². The van der Waals surface area contributed by atoms with Crippen LogP contribution in [0.15, 0.2) is 6.20 Å². The molecule has 2 unspecified atom stereocenters. The summed E-state index contributed by atoms with van der Waals surface area (Å²) in [5.41, 5.74) is 0. The van der Waals surface area contributed by atoms with Crippen molar-refractivity contribution in [1.29, 1.82) is 0 Å². The second-order valence-electron chi connectivity index (χ2n) is 5.31. The highest BCUT2D eigenvalue weighted by molar-refractivity contribution is 7.11. The number of thiazole rings is 1. The number of hydrogen-bond donors (Lipinski definition) is 1. The highest BCUT2D eigenvalue weighted by Crippen LogP contribution is 2.20. The molecule has 106 valence electrons. The maximum absolute atomic E-state index is 12.3. The number of likely N-dealkylation sites (tertiary alicyclic amines) is 1. The zero-order valence-corrected chi connectivity index (χ0v) is 12.8. The molecule has 1 amide bonds. The van der Waals surface area contributed by atoms with Crippen LogP contribution >= 0.6 is 11.3 Å². The molecule has 1 fully saturated rings. The van der Waals surface area contributed by atoms with E-state index in [2.05, 4.69) is 24.1 Å². The number of piperidine rings is 1. The lowest BCUT2D eigenvalue weighted by molar-refractivity contribution is -0.134. The third-order valence-electron chi connectivity index (χ3n) is 3.55. The van der Waals surface area contributed by atoms with Crippen LogP contribution in [0, 0.1) is 6.92 Å². The van der Waals surface area contributed by atoms with E-state index < -0.39 is 0 Å². The van der Waals surface area contributed by atoms with Gasteiger partial charge in [0.25, 0.3) is 0 Å². The van der Waals surface area contributed by atoms with Crippen LogP contribution in [0.1, 0.15) is 49.0 Å². The molecular weight excluding hydrogens is 258 g/mol. The van der Waals surface area contributed by atoms with Gasteiger partial charge in [0.2, 0.25) is 5.91 Å². The van der Waals surface area contributed by atoms with Crippen molar-refractivity contribution in [2.45, 2.75) is 52.1 Å². The molecule has 0 radical (unpaired) electrons. The first kappa shape index (κ1) is 14.5. The normalized spacial score (nSPS) is 19.2. The lowest BCUT2D eigenvalue weighted by atomic mass is 10.1. The van der Waals surface area contributed by atoms with Crippen LogP contribution in [0.3, 0.4) is 0 Å². The molecule has 1 N–H and O–H groups in total. The molecule has 2 atom stereocenters. The summed E-state index contributed by atoms with van der Waals surface area (Å²) in [6, 6.07) is -0.0141. The molecule has 2 heterocycles. The Bertz CT molecular complexity index is 426. The van der Waals surface area contributed by atoms with E-state index in [0.29, 0.717) is 0 Å². The number of aromatic nitrogens is 1. The Hall–Kier alpha value is -0.940. The molecule has 0 spiro atoms. The Balaban J connectivity index is 1.89. The molecule has 2 rings (SSSR count). The number of nitrogens with zero attached hydrogens (tertiary/aromatic N) is 2. The second kappa shape index (κ2) is 6.48. The number of aryl methyl sites for hydroxylation is 1. The summed E-state index contributed by atoms with van der Waals surface area (Å²) in [6.07, 6.45) is 5.41. The number of amides is 1. The van der Waals surface area contributed by atoms with Crippen molar-refractivity contribution in [2.24, 2.45) is 0 Å². The van der Waals surface area contributed by atoms with Gasteiger partial charge in [0.05, 0.1) is 12.1 Å². The number of carbonyl (C=O) groups is 1. The van der Waals surface area contributed by atoms with Gasteiger partial charge >= 0.3 is 0 Å². The first-order valence-corrected chi connectivity index (χ1v) is 7.86. The zero-order chi connectivity index (χ0) is 13.8. The van der Waals surface area contributed by atoms with Crippen molar-refractivity contribution in [1.82, 2.24) is 15.2 Å². The predicted octanol–water partition coefficient (Wildman–Crippen LogP) is 2.50. The molecule has 5 heteroatoms. The Morgan fingerprint density at radius 1 is 1.37 bits per heavy atom. The predicted molar refractivity (Wildman–Crippen MR) is 78.3 cm³/mol. The fourth-order valence-corrected chi connectivity index (χ4v) is 3.26. The maximum Gasteiger partial charge on any atom is 0.239 e. The van der Waals surface area contributed by atoms with Crippen LogP contribution < -0.4 is 5.32 Å². The van der Waals surface area contributed by atoms with E-state index in [1.807, 2.05) is 18.0 Å². The Morgan fingerprint density at radius 2 is 2.05 bits per heavy atom. The minimum Gasteiger partial charge on any atom is -0.341 e. The molecule has 1 saturated heterocycles. The van der Waals surface area contributed by atoms with Gasteiger partial charge in [-0.25, -0.2) is 4.98 Å². The third kappa shape index (κ3) is 3.76. The summed E-state index contributed by atoms with van der Waals surface area (Å²) < 4.78 is 0. The van der Waals surface area contributed by atoms with Crippen LogP contribution in [0.5, 0.6) is 0 Å².